The normalized spacial score (nSPS) is 10.4. The minimum absolute atomic E-state index is 0.170. The van der Waals surface area contributed by atoms with Crippen LogP contribution in [-0.4, -0.2) is 13.2 Å². The van der Waals surface area contributed by atoms with Gasteiger partial charge in [0.05, 0.1) is 0 Å². The molecule has 0 spiro atoms. The quantitative estimate of drug-likeness (QED) is 0.635. The van der Waals surface area contributed by atoms with E-state index in [2.05, 4.69) is 6.92 Å². The van der Waals surface area contributed by atoms with Gasteiger partial charge in [-0.25, -0.2) is 4.39 Å². The first-order chi connectivity index (χ1) is 6.83. The minimum atomic E-state index is -0.170. The minimum Gasteiger partial charge on any atom is -0.381 e. The zero-order valence-corrected chi connectivity index (χ0v) is 8.63. The maximum Gasteiger partial charge on any atom is 0.123 e. The maximum absolute atomic E-state index is 12.6. The van der Waals surface area contributed by atoms with Crippen molar-refractivity contribution in [2.75, 3.05) is 13.2 Å². The van der Waals surface area contributed by atoms with Crippen LogP contribution < -0.4 is 0 Å². The molecule has 0 amide bonds. The largest absolute Gasteiger partial charge is 0.381 e. The Morgan fingerprint density at radius 1 is 1.14 bits per heavy atom. The number of halogens is 1. The monoisotopic (exact) mass is 196 g/mol. The van der Waals surface area contributed by atoms with Crippen molar-refractivity contribution in [2.45, 2.75) is 26.2 Å². The molecule has 0 aromatic heterocycles. The zero-order chi connectivity index (χ0) is 10.2. The fraction of sp³-hybridized carbons (Fsp3) is 0.500. The molecule has 78 valence electrons. The average molecular weight is 196 g/mol. The second-order valence-corrected chi connectivity index (χ2v) is 3.34. The first-order valence-electron chi connectivity index (χ1n) is 5.15. The SMILES string of the molecule is CCCOCCCc1ccc(F)cc1. The van der Waals surface area contributed by atoms with Crippen LogP contribution in [0.15, 0.2) is 24.3 Å². The average Bonchev–Trinajstić information content (AvgIpc) is 2.21. The maximum atomic E-state index is 12.6. The second kappa shape index (κ2) is 6.55. The molecule has 1 aromatic rings. The Kier molecular flexibility index (Phi) is 5.23. The molecule has 0 unspecified atom stereocenters. The molecule has 0 aliphatic carbocycles. The number of hydrogen-bond donors (Lipinski definition) is 0. The third-order valence-electron chi connectivity index (χ3n) is 2.02. The van der Waals surface area contributed by atoms with Crippen molar-refractivity contribution in [2.24, 2.45) is 0 Å². The van der Waals surface area contributed by atoms with Gasteiger partial charge in [-0.15, -0.1) is 0 Å². The predicted molar refractivity (Wildman–Crippen MR) is 55.8 cm³/mol. The van der Waals surface area contributed by atoms with Crippen molar-refractivity contribution >= 4 is 0 Å². The van der Waals surface area contributed by atoms with Crippen LogP contribution >= 0.6 is 0 Å². The highest BCUT2D eigenvalue weighted by Gasteiger charge is 1.94. The van der Waals surface area contributed by atoms with Crippen LogP contribution in [0, 0.1) is 5.82 Å². The van der Waals surface area contributed by atoms with Crippen LogP contribution in [-0.2, 0) is 11.2 Å². The van der Waals surface area contributed by atoms with Gasteiger partial charge >= 0.3 is 0 Å². The topological polar surface area (TPSA) is 9.23 Å². The summed E-state index contributed by atoms with van der Waals surface area (Å²) in [4.78, 5) is 0. The molecule has 1 aromatic carbocycles. The number of rotatable bonds is 6. The fourth-order valence-electron chi connectivity index (χ4n) is 1.28. The van der Waals surface area contributed by atoms with Gasteiger partial charge in [0, 0.05) is 13.2 Å². The number of aryl methyl sites for hydroxylation is 1. The Hall–Kier alpha value is -0.890. The van der Waals surface area contributed by atoms with Gasteiger partial charge < -0.3 is 4.74 Å². The van der Waals surface area contributed by atoms with Crippen LogP contribution in [0.5, 0.6) is 0 Å². The van der Waals surface area contributed by atoms with E-state index in [0.717, 1.165) is 32.5 Å². The van der Waals surface area contributed by atoms with E-state index in [1.165, 1.54) is 17.7 Å². The lowest BCUT2D eigenvalue weighted by Crippen LogP contribution is -1.97. The van der Waals surface area contributed by atoms with E-state index >= 15 is 0 Å². The highest BCUT2D eigenvalue weighted by Crippen LogP contribution is 2.05. The number of hydrogen-bond acceptors (Lipinski definition) is 1. The summed E-state index contributed by atoms with van der Waals surface area (Å²) in [5, 5.41) is 0. The molecule has 0 heterocycles. The molecular formula is C12H17FO. The van der Waals surface area contributed by atoms with Crippen LogP contribution in [0.3, 0.4) is 0 Å². The molecule has 0 aliphatic rings. The fourth-order valence-corrected chi connectivity index (χ4v) is 1.28. The molecule has 1 rings (SSSR count). The third kappa shape index (κ3) is 4.38. The lowest BCUT2D eigenvalue weighted by molar-refractivity contribution is 0.132. The number of ether oxygens (including phenoxy) is 1. The Morgan fingerprint density at radius 2 is 1.86 bits per heavy atom. The molecule has 0 bridgehead atoms. The molecule has 0 aliphatic heterocycles. The Morgan fingerprint density at radius 3 is 2.50 bits per heavy atom. The lowest BCUT2D eigenvalue weighted by Gasteiger charge is -2.02. The van der Waals surface area contributed by atoms with Crippen molar-refractivity contribution in [3.63, 3.8) is 0 Å². The summed E-state index contributed by atoms with van der Waals surface area (Å²) in [6.07, 6.45) is 3.03. The Balaban J connectivity index is 2.15. The van der Waals surface area contributed by atoms with Crippen molar-refractivity contribution in [3.05, 3.63) is 35.6 Å². The molecule has 0 saturated heterocycles. The van der Waals surface area contributed by atoms with Gasteiger partial charge in [-0.3, -0.25) is 0 Å². The van der Waals surface area contributed by atoms with E-state index in [1.807, 2.05) is 12.1 Å². The van der Waals surface area contributed by atoms with E-state index in [1.54, 1.807) is 0 Å². The summed E-state index contributed by atoms with van der Waals surface area (Å²) in [6.45, 7) is 3.73. The van der Waals surface area contributed by atoms with E-state index < -0.39 is 0 Å². The van der Waals surface area contributed by atoms with Crippen LogP contribution in [0.2, 0.25) is 0 Å². The van der Waals surface area contributed by atoms with Crippen LogP contribution in [0.4, 0.5) is 4.39 Å². The molecule has 1 nitrogen and oxygen atoms in total. The highest BCUT2D eigenvalue weighted by atomic mass is 19.1. The summed E-state index contributed by atoms with van der Waals surface area (Å²) in [5.74, 6) is -0.170. The molecule has 0 atom stereocenters. The molecule has 0 saturated carbocycles. The Bertz CT molecular complexity index is 243. The molecule has 14 heavy (non-hydrogen) atoms. The molecule has 0 fully saturated rings. The molecule has 0 radical (unpaired) electrons. The van der Waals surface area contributed by atoms with Gasteiger partial charge in [-0.1, -0.05) is 19.1 Å². The summed E-state index contributed by atoms with van der Waals surface area (Å²) in [6, 6.07) is 6.66. The van der Waals surface area contributed by atoms with Gasteiger partial charge in [-0.05, 0) is 37.0 Å². The molecule has 0 N–H and O–H groups in total. The van der Waals surface area contributed by atoms with Gasteiger partial charge in [0.2, 0.25) is 0 Å². The van der Waals surface area contributed by atoms with E-state index in [4.69, 9.17) is 4.74 Å². The third-order valence-corrected chi connectivity index (χ3v) is 2.02. The Labute approximate surface area is 84.9 Å². The summed E-state index contributed by atoms with van der Waals surface area (Å²) in [7, 11) is 0. The summed E-state index contributed by atoms with van der Waals surface area (Å²) < 4.78 is 17.9. The lowest BCUT2D eigenvalue weighted by atomic mass is 10.1. The van der Waals surface area contributed by atoms with Gasteiger partial charge in [0.1, 0.15) is 5.82 Å². The van der Waals surface area contributed by atoms with E-state index in [-0.39, 0.29) is 5.82 Å². The van der Waals surface area contributed by atoms with Crippen molar-refractivity contribution in [1.82, 2.24) is 0 Å². The van der Waals surface area contributed by atoms with Crippen molar-refractivity contribution in [1.29, 1.82) is 0 Å². The first kappa shape index (κ1) is 11.2. The van der Waals surface area contributed by atoms with E-state index in [0.29, 0.717) is 0 Å². The van der Waals surface area contributed by atoms with Crippen molar-refractivity contribution < 1.29 is 9.13 Å². The predicted octanol–water partition coefficient (Wildman–Crippen LogP) is 3.18. The first-order valence-corrected chi connectivity index (χ1v) is 5.15. The van der Waals surface area contributed by atoms with Crippen LogP contribution in [0.25, 0.3) is 0 Å². The summed E-state index contributed by atoms with van der Waals surface area (Å²) >= 11 is 0. The zero-order valence-electron chi connectivity index (χ0n) is 8.63. The molecule has 2 heteroatoms. The smallest absolute Gasteiger partial charge is 0.123 e. The van der Waals surface area contributed by atoms with Crippen molar-refractivity contribution in [3.8, 4) is 0 Å². The van der Waals surface area contributed by atoms with Gasteiger partial charge in [0.25, 0.3) is 0 Å². The highest BCUT2D eigenvalue weighted by molar-refractivity contribution is 5.15. The van der Waals surface area contributed by atoms with E-state index in [9.17, 15) is 4.39 Å². The second-order valence-electron chi connectivity index (χ2n) is 3.34. The summed E-state index contributed by atoms with van der Waals surface area (Å²) in [5.41, 5.74) is 1.17. The van der Waals surface area contributed by atoms with Gasteiger partial charge in [0.15, 0.2) is 0 Å². The van der Waals surface area contributed by atoms with Crippen LogP contribution in [0.1, 0.15) is 25.3 Å². The number of benzene rings is 1. The standard InChI is InChI=1S/C12H17FO/c1-2-9-14-10-3-4-11-5-7-12(13)8-6-11/h5-8H,2-4,9-10H2,1H3. The molecular weight excluding hydrogens is 179 g/mol. The van der Waals surface area contributed by atoms with Gasteiger partial charge in [-0.2, -0.15) is 0 Å².